The van der Waals surface area contributed by atoms with E-state index in [1.54, 1.807) is 18.4 Å². The number of nitrogens with zero attached hydrogens (tertiary/aromatic N) is 1. The SMILES string of the molecule is O=NSCc1ccco1. The third-order valence-electron chi connectivity index (χ3n) is 0.840. The predicted octanol–water partition coefficient (Wildman–Crippen LogP) is 2.19. The molecule has 0 spiro atoms. The molecule has 0 saturated heterocycles. The topological polar surface area (TPSA) is 42.6 Å². The number of furan rings is 1. The summed E-state index contributed by atoms with van der Waals surface area (Å²) in [5.41, 5.74) is 0. The van der Waals surface area contributed by atoms with Gasteiger partial charge in [0.1, 0.15) is 5.76 Å². The second-order valence-corrected chi connectivity index (χ2v) is 2.12. The normalized spacial score (nSPS) is 9.33. The molecule has 1 heterocycles. The summed E-state index contributed by atoms with van der Waals surface area (Å²) in [7, 11) is 0. The van der Waals surface area contributed by atoms with Gasteiger partial charge in [0.2, 0.25) is 0 Å². The van der Waals surface area contributed by atoms with Gasteiger partial charge in [0.05, 0.1) is 12.0 Å². The first-order valence-electron chi connectivity index (χ1n) is 2.40. The third kappa shape index (κ3) is 1.89. The Hall–Kier alpha value is -0.770. The molecule has 0 aliphatic heterocycles. The van der Waals surface area contributed by atoms with E-state index in [4.69, 9.17) is 4.42 Å². The minimum absolute atomic E-state index is 0.524. The molecular formula is C5H5NO2S. The standard InChI is InChI=1S/C5H5NO2S/c7-6-9-4-5-2-1-3-8-5/h1-3H,4H2. The van der Waals surface area contributed by atoms with E-state index in [0.717, 1.165) is 17.7 Å². The van der Waals surface area contributed by atoms with Crippen molar-refractivity contribution in [2.45, 2.75) is 5.75 Å². The smallest absolute Gasteiger partial charge is 0.115 e. The van der Waals surface area contributed by atoms with Crippen molar-refractivity contribution in [2.24, 2.45) is 4.58 Å². The molecule has 4 heteroatoms. The van der Waals surface area contributed by atoms with Crippen LogP contribution in [0.2, 0.25) is 0 Å². The van der Waals surface area contributed by atoms with Crippen LogP contribution >= 0.6 is 11.9 Å². The van der Waals surface area contributed by atoms with Gasteiger partial charge in [0.15, 0.2) is 0 Å². The number of rotatable bonds is 3. The maximum atomic E-state index is 9.57. The van der Waals surface area contributed by atoms with Crippen molar-refractivity contribution in [1.29, 1.82) is 0 Å². The molecule has 0 aromatic carbocycles. The zero-order chi connectivity index (χ0) is 6.53. The maximum Gasteiger partial charge on any atom is 0.115 e. The minimum atomic E-state index is 0.524. The van der Waals surface area contributed by atoms with E-state index in [1.807, 2.05) is 0 Å². The molecule has 0 saturated carbocycles. The molecule has 1 aromatic heterocycles. The van der Waals surface area contributed by atoms with Crippen molar-refractivity contribution < 1.29 is 4.42 Å². The fourth-order valence-corrected chi connectivity index (χ4v) is 0.829. The summed E-state index contributed by atoms with van der Waals surface area (Å²) in [5.74, 6) is 1.30. The van der Waals surface area contributed by atoms with Crippen LogP contribution < -0.4 is 0 Å². The largest absolute Gasteiger partial charge is 0.468 e. The lowest BCUT2D eigenvalue weighted by atomic mass is 10.5. The Morgan fingerprint density at radius 2 is 2.67 bits per heavy atom. The second kappa shape index (κ2) is 3.29. The van der Waals surface area contributed by atoms with Gasteiger partial charge in [-0.05, 0) is 12.1 Å². The molecule has 0 fully saturated rings. The summed E-state index contributed by atoms with van der Waals surface area (Å²) in [5, 5.41) is 0. The lowest BCUT2D eigenvalue weighted by molar-refractivity contribution is 0.530. The molecule has 9 heavy (non-hydrogen) atoms. The Labute approximate surface area is 56.5 Å². The van der Waals surface area contributed by atoms with Gasteiger partial charge in [-0.3, -0.25) is 0 Å². The van der Waals surface area contributed by atoms with E-state index >= 15 is 0 Å². The number of hydrogen-bond acceptors (Lipinski definition) is 4. The summed E-state index contributed by atoms with van der Waals surface area (Å²) in [6.07, 6.45) is 1.57. The van der Waals surface area contributed by atoms with E-state index in [2.05, 4.69) is 4.58 Å². The van der Waals surface area contributed by atoms with Gasteiger partial charge in [-0.25, -0.2) is 0 Å². The lowest BCUT2D eigenvalue weighted by Gasteiger charge is -1.83. The van der Waals surface area contributed by atoms with Gasteiger partial charge in [0, 0.05) is 16.5 Å². The van der Waals surface area contributed by atoms with Crippen LogP contribution in [0, 0.1) is 4.91 Å². The lowest BCUT2D eigenvalue weighted by Crippen LogP contribution is -1.68. The highest BCUT2D eigenvalue weighted by atomic mass is 32.2. The van der Waals surface area contributed by atoms with Crippen molar-refractivity contribution in [2.75, 3.05) is 0 Å². The monoisotopic (exact) mass is 143 g/mol. The summed E-state index contributed by atoms with van der Waals surface area (Å²) in [6.45, 7) is 0. The Kier molecular flexibility index (Phi) is 2.32. The minimum Gasteiger partial charge on any atom is -0.468 e. The highest BCUT2D eigenvalue weighted by molar-refractivity contribution is 7.97. The van der Waals surface area contributed by atoms with Crippen molar-refractivity contribution in [3.8, 4) is 0 Å². The van der Waals surface area contributed by atoms with Crippen molar-refractivity contribution in [1.82, 2.24) is 0 Å². The number of nitroso groups, excluding NO2 is 1. The quantitative estimate of drug-likeness (QED) is 0.481. The van der Waals surface area contributed by atoms with Crippen molar-refractivity contribution >= 4 is 11.9 Å². The molecular weight excluding hydrogens is 138 g/mol. The van der Waals surface area contributed by atoms with Crippen LogP contribution in [0.4, 0.5) is 0 Å². The van der Waals surface area contributed by atoms with Gasteiger partial charge in [-0.1, -0.05) is 0 Å². The Bertz CT molecular complexity index is 173. The molecule has 1 rings (SSSR count). The maximum absolute atomic E-state index is 9.57. The van der Waals surface area contributed by atoms with E-state index in [-0.39, 0.29) is 0 Å². The highest BCUT2D eigenvalue weighted by Crippen LogP contribution is 2.11. The van der Waals surface area contributed by atoms with E-state index < -0.39 is 0 Å². The first-order chi connectivity index (χ1) is 4.43. The zero-order valence-electron chi connectivity index (χ0n) is 4.61. The van der Waals surface area contributed by atoms with Crippen molar-refractivity contribution in [3.63, 3.8) is 0 Å². The predicted molar refractivity (Wildman–Crippen MR) is 35.8 cm³/mol. The molecule has 0 unspecified atom stereocenters. The van der Waals surface area contributed by atoms with Crippen LogP contribution in [0.3, 0.4) is 0 Å². The average Bonchev–Trinajstić information content (AvgIpc) is 2.34. The summed E-state index contributed by atoms with van der Waals surface area (Å²) < 4.78 is 7.53. The molecule has 0 N–H and O–H groups in total. The Morgan fingerprint density at radius 1 is 1.78 bits per heavy atom. The zero-order valence-corrected chi connectivity index (χ0v) is 5.43. The van der Waals surface area contributed by atoms with Crippen molar-refractivity contribution in [3.05, 3.63) is 29.1 Å². The average molecular weight is 143 g/mol. The summed E-state index contributed by atoms with van der Waals surface area (Å²) in [4.78, 5) is 9.57. The van der Waals surface area contributed by atoms with Crippen LogP contribution in [-0.4, -0.2) is 0 Å². The molecule has 3 nitrogen and oxygen atoms in total. The molecule has 0 aliphatic carbocycles. The van der Waals surface area contributed by atoms with E-state index in [1.165, 1.54) is 0 Å². The molecule has 0 amide bonds. The van der Waals surface area contributed by atoms with E-state index in [0.29, 0.717) is 5.75 Å². The molecule has 1 aromatic rings. The van der Waals surface area contributed by atoms with Gasteiger partial charge < -0.3 is 4.42 Å². The van der Waals surface area contributed by atoms with Gasteiger partial charge in [-0.15, -0.1) is 4.91 Å². The van der Waals surface area contributed by atoms with E-state index in [9.17, 15) is 4.91 Å². The van der Waals surface area contributed by atoms with Crippen LogP contribution in [0.5, 0.6) is 0 Å². The van der Waals surface area contributed by atoms with Gasteiger partial charge in [-0.2, -0.15) is 0 Å². The van der Waals surface area contributed by atoms with Crippen LogP contribution in [0.25, 0.3) is 0 Å². The third-order valence-corrected chi connectivity index (χ3v) is 1.36. The summed E-state index contributed by atoms with van der Waals surface area (Å²) >= 11 is 0.942. The Balaban J connectivity index is 2.38. The fourth-order valence-electron chi connectivity index (χ4n) is 0.485. The van der Waals surface area contributed by atoms with Crippen LogP contribution in [0.1, 0.15) is 5.76 Å². The first-order valence-corrected chi connectivity index (χ1v) is 3.35. The summed E-state index contributed by atoms with van der Waals surface area (Å²) in [6, 6.07) is 3.58. The molecule has 0 radical (unpaired) electrons. The molecule has 0 atom stereocenters. The Morgan fingerprint density at radius 3 is 3.22 bits per heavy atom. The second-order valence-electron chi connectivity index (χ2n) is 1.43. The number of hydrogen-bond donors (Lipinski definition) is 0. The first kappa shape index (κ1) is 6.35. The molecule has 48 valence electrons. The van der Waals surface area contributed by atoms with Crippen LogP contribution in [0.15, 0.2) is 27.4 Å². The van der Waals surface area contributed by atoms with Gasteiger partial charge >= 0.3 is 0 Å². The molecule has 0 bridgehead atoms. The highest BCUT2D eigenvalue weighted by Gasteiger charge is 1.93. The van der Waals surface area contributed by atoms with Gasteiger partial charge in [0.25, 0.3) is 0 Å². The fraction of sp³-hybridized carbons (Fsp3) is 0.200. The molecule has 0 aliphatic rings. The van der Waals surface area contributed by atoms with Crippen LogP contribution in [-0.2, 0) is 5.75 Å².